The summed E-state index contributed by atoms with van der Waals surface area (Å²) < 4.78 is 5.60. The number of nitrogens with one attached hydrogen (secondary N) is 2. The van der Waals surface area contributed by atoms with Crippen molar-refractivity contribution >= 4 is 0 Å². The molecule has 1 saturated carbocycles. The molecule has 1 heterocycles. The molecule has 2 fully saturated rings. The van der Waals surface area contributed by atoms with E-state index in [9.17, 15) is 0 Å². The molecule has 0 aromatic carbocycles. The molecule has 1 saturated heterocycles. The summed E-state index contributed by atoms with van der Waals surface area (Å²) >= 11 is 0. The molecule has 1 aliphatic heterocycles. The normalized spacial score (nSPS) is 29.8. The molecule has 0 radical (unpaired) electrons. The van der Waals surface area contributed by atoms with E-state index < -0.39 is 0 Å². The second-order valence-electron chi connectivity index (χ2n) is 5.47. The fourth-order valence-corrected chi connectivity index (χ4v) is 2.26. The van der Waals surface area contributed by atoms with E-state index >= 15 is 0 Å². The van der Waals surface area contributed by atoms with Crippen molar-refractivity contribution < 1.29 is 4.74 Å². The van der Waals surface area contributed by atoms with Crippen molar-refractivity contribution in [3.8, 4) is 0 Å². The van der Waals surface area contributed by atoms with Crippen LogP contribution in [0, 0.1) is 17.8 Å². The zero-order valence-corrected chi connectivity index (χ0v) is 10.5. The summed E-state index contributed by atoms with van der Waals surface area (Å²) in [6.45, 7) is 8.92. The molecule has 0 aromatic heterocycles. The Morgan fingerprint density at radius 3 is 2.88 bits per heavy atom. The van der Waals surface area contributed by atoms with Gasteiger partial charge in [-0.25, -0.2) is 0 Å². The van der Waals surface area contributed by atoms with Gasteiger partial charge in [0.25, 0.3) is 0 Å². The van der Waals surface area contributed by atoms with Gasteiger partial charge in [0, 0.05) is 13.2 Å². The SMILES string of the molecule is C[C@@H]1CNC[C@H]1CNCCCOCC1CC1. The van der Waals surface area contributed by atoms with Gasteiger partial charge in [-0.15, -0.1) is 0 Å². The van der Waals surface area contributed by atoms with E-state index in [1.165, 1.54) is 25.9 Å². The Balaban J connectivity index is 1.36. The van der Waals surface area contributed by atoms with E-state index in [-0.39, 0.29) is 0 Å². The van der Waals surface area contributed by atoms with Crippen LogP contribution in [0.1, 0.15) is 26.2 Å². The standard InChI is InChI=1S/C13H26N2O/c1-11-7-15-9-13(11)8-14-5-2-6-16-10-12-3-4-12/h11-15H,2-10H2,1H3/t11-,13-/m1/s1. The van der Waals surface area contributed by atoms with Gasteiger partial charge in [-0.3, -0.25) is 0 Å². The van der Waals surface area contributed by atoms with Crippen LogP contribution in [-0.2, 0) is 4.74 Å². The maximum atomic E-state index is 5.60. The fraction of sp³-hybridized carbons (Fsp3) is 1.00. The van der Waals surface area contributed by atoms with E-state index in [1.54, 1.807) is 0 Å². The monoisotopic (exact) mass is 226 g/mol. The summed E-state index contributed by atoms with van der Waals surface area (Å²) in [5.41, 5.74) is 0. The largest absolute Gasteiger partial charge is 0.381 e. The Labute approximate surface area is 99.3 Å². The Hall–Kier alpha value is -0.120. The maximum Gasteiger partial charge on any atom is 0.0494 e. The van der Waals surface area contributed by atoms with Crippen LogP contribution >= 0.6 is 0 Å². The number of rotatable bonds is 8. The first kappa shape index (κ1) is 12.3. The van der Waals surface area contributed by atoms with Gasteiger partial charge in [-0.05, 0) is 63.2 Å². The zero-order chi connectivity index (χ0) is 11.2. The average Bonchev–Trinajstić information content (AvgIpc) is 3.01. The van der Waals surface area contributed by atoms with E-state index in [4.69, 9.17) is 4.74 Å². The molecule has 94 valence electrons. The summed E-state index contributed by atoms with van der Waals surface area (Å²) in [7, 11) is 0. The predicted molar refractivity (Wildman–Crippen MR) is 66.6 cm³/mol. The number of hydrogen-bond acceptors (Lipinski definition) is 3. The van der Waals surface area contributed by atoms with E-state index in [0.717, 1.165) is 50.5 Å². The van der Waals surface area contributed by atoms with E-state index in [1.807, 2.05) is 0 Å². The maximum absolute atomic E-state index is 5.60. The Morgan fingerprint density at radius 2 is 2.19 bits per heavy atom. The molecular formula is C13H26N2O. The molecule has 2 rings (SSSR count). The Bertz CT molecular complexity index is 194. The summed E-state index contributed by atoms with van der Waals surface area (Å²) in [5, 5.41) is 6.98. The lowest BCUT2D eigenvalue weighted by molar-refractivity contribution is 0.122. The van der Waals surface area contributed by atoms with Crippen LogP contribution in [0.2, 0.25) is 0 Å². The molecule has 3 nitrogen and oxygen atoms in total. The van der Waals surface area contributed by atoms with E-state index in [2.05, 4.69) is 17.6 Å². The molecule has 3 heteroatoms. The smallest absolute Gasteiger partial charge is 0.0494 e. The molecule has 1 aliphatic carbocycles. The Kier molecular flexibility index (Phi) is 5.07. The quantitative estimate of drug-likeness (QED) is 0.611. The third kappa shape index (κ3) is 4.40. The molecule has 2 N–H and O–H groups in total. The fourth-order valence-electron chi connectivity index (χ4n) is 2.26. The molecule has 2 atom stereocenters. The van der Waals surface area contributed by atoms with E-state index in [0.29, 0.717) is 0 Å². The van der Waals surface area contributed by atoms with Crippen LogP contribution in [0.15, 0.2) is 0 Å². The van der Waals surface area contributed by atoms with Crippen molar-refractivity contribution in [3.63, 3.8) is 0 Å². The van der Waals surface area contributed by atoms with Crippen molar-refractivity contribution in [3.05, 3.63) is 0 Å². The molecule has 0 bridgehead atoms. The van der Waals surface area contributed by atoms with Crippen molar-refractivity contribution in [2.24, 2.45) is 17.8 Å². The highest BCUT2D eigenvalue weighted by molar-refractivity contribution is 4.79. The van der Waals surface area contributed by atoms with Gasteiger partial charge in [0.1, 0.15) is 0 Å². The van der Waals surface area contributed by atoms with Crippen LogP contribution < -0.4 is 10.6 Å². The minimum atomic E-state index is 0.826. The zero-order valence-electron chi connectivity index (χ0n) is 10.5. The first-order valence-electron chi connectivity index (χ1n) is 6.85. The van der Waals surface area contributed by atoms with Gasteiger partial charge in [0.15, 0.2) is 0 Å². The van der Waals surface area contributed by atoms with Crippen LogP contribution in [0.3, 0.4) is 0 Å². The molecule has 2 aliphatic rings. The average molecular weight is 226 g/mol. The second-order valence-corrected chi connectivity index (χ2v) is 5.47. The van der Waals surface area contributed by atoms with Gasteiger partial charge in [-0.1, -0.05) is 6.92 Å². The number of hydrogen-bond donors (Lipinski definition) is 2. The van der Waals surface area contributed by atoms with Crippen molar-refractivity contribution in [1.82, 2.24) is 10.6 Å². The lowest BCUT2D eigenvalue weighted by Gasteiger charge is -2.14. The summed E-state index contributed by atoms with van der Waals surface area (Å²) in [6.07, 6.45) is 3.94. The predicted octanol–water partition coefficient (Wildman–Crippen LogP) is 1.25. The van der Waals surface area contributed by atoms with Gasteiger partial charge < -0.3 is 15.4 Å². The first-order valence-corrected chi connectivity index (χ1v) is 6.85. The summed E-state index contributed by atoms with van der Waals surface area (Å²) in [6, 6.07) is 0. The first-order chi connectivity index (χ1) is 7.86. The number of ether oxygens (including phenoxy) is 1. The second kappa shape index (κ2) is 6.58. The molecule has 16 heavy (non-hydrogen) atoms. The van der Waals surface area contributed by atoms with Gasteiger partial charge in [-0.2, -0.15) is 0 Å². The van der Waals surface area contributed by atoms with Crippen LogP contribution in [0.4, 0.5) is 0 Å². The molecule has 0 spiro atoms. The molecule has 0 aromatic rings. The summed E-state index contributed by atoms with van der Waals surface area (Å²) in [4.78, 5) is 0. The van der Waals surface area contributed by atoms with Crippen molar-refractivity contribution in [1.29, 1.82) is 0 Å². The van der Waals surface area contributed by atoms with Gasteiger partial charge >= 0.3 is 0 Å². The third-order valence-electron chi connectivity index (χ3n) is 3.78. The van der Waals surface area contributed by atoms with Gasteiger partial charge in [0.2, 0.25) is 0 Å². The topological polar surface area (TPSA) is 33.3 Å². The summed E-state index contributed by atoms with van der Waals surface area (Å²) in [5.74, 6) is 2.56. The van der Waals surface area contributed by atoms with Crippen LogP contribution in [0.5, 0.6) is 0 Å². The minimum Gasteiger partial charge on any atom is -0.381 e. The highest BCUT2D eigenvalue weighted by Gasteiger charge is 2.22. The highest BCUT2D eigenvalue weighted by Crippen LogP contribution is 2.28. The highest BCUT2D eigenvalue weighted by atomic mass is 16.5. The van der Waals surface area contributed by atoms with Gasteiger partial charge in [0.05, 0.1) is 0 Å². The van der Waals surface area contributed by atoms with Crippen molar-refractivity contribution in [2.75, 3.05) is 39.4 Å². The third-order valence-corrected chi connectivity index (χ3v) is 3.78. The lowest BCUT2D eigenvalue weighted by atomic mass is 9.98. The molecule has 0 unspecified atom stereocenters. The van der Waals surface area contributed by atoms with Crippen LogP contribution in [-0.4, -0.2) is 39.4 Å². The minimum absolute atomic E-state index is 0.826. The molecular weight excluding hydrogens is 200 g/mol. The lowest BCUT2D eigenvalue weighted by Crippen LogP contribution is -2.28. The Morgan fingerprint density at radius 1 is 1.31 bits per heavy atom. The van der Waals surface area contributed by atoms with Crippen molar-refractivity contribution in [2.45, 2.75) is 26.2 Å². The molecule has 0 amide bonds. The van der Waals surface area contributed by atoms with Crippen LogP contribution in [0.25, 0.3) is 0 Å².